The summed E-state index contributed by atoms with van der Waals surface area (Å²) < 4.78 is 36.3. The summed E-state index contributed by atoms with van der Waals surface area (Å²) >= 11 is 5.81. The largest absolute Gasteiger partial charge is 0.462 e. The van der Waals surface area contributed by atoms with Crippen molar-refractivity contribution >= 4 is 25.3 Å². The van der Waals surface area contributed by atoms with E-state index in [0.29, 0.717) is 0 Å². The van der Waals surface area contributed by atoms with Gasteiger partial charge in [-0.2, -0.15) is 5.09 Å². The smallest absolute Gasteiger partial charge is 0.459 e. The lowest BCUT2D eigenvalue weighted by molar-refractivity contribution is -0.149. The summed E-state index contributed by atoms with van der Waals surface area (Å²) in [4.78, 5) is 38.1. The number of aliphatic hydroxyl groups excluding tert-OH is 1. The number of hydrogen-bond donors (Lipinski definition) is 4. The molecule has 2 aromatic rings. The summed E-state index contributed by atoms with van der Waals surface area (Å²) in [5.41, 5.74) is -3.83. The fourth-order valence-corrected chi connectivity index (χ4v) is 5.17. The number of ether oxygens (including phenoxy) is 2. The molecule has 0 saturated carbocycles. The molecule has 1 aromatic heterocycles. The number of para-hydroxylation sites is 1. The molecule has 0 aliphatic carbocycles. The number of H-pyrrole nitrogens is 1. The minimum Gasteiger partial charge on any atom is -0.462 e. The van der Waals surface area contributed by atoms with E-state index in [1.165, 1.54) is 26.0 Å². The average Bonchev–Trinajstić information content (AvgIpc) is 3.03. The number of rotatable bonds is 10. The Morgan fingerprint density at radius 3 is 2.57 bits per heavy atom. The van der Waals surface area contributed by atoms with E-state index in [-0.39, 0.29) is 10.8 Å². The maximum Gasteiger partial charge on any atom is 0.459 e. The molecule has 1 saturated heterocycles. The highest BCUT2D eigenvalue weighted by Crippen LogP contribution is 2.46. The van der Waals surface area contributed by atoms with Crippen LogP contribution in [0.2, 0.25) is 5.02 Å². The number of aromatic nitrogens is 2. The summed E-state index contributed by atoms with van der Waals surface area (Å²) in [5.74, 6) is -0.542. The second-order valence-electron chi connectivity index (χ2n) is 8.88. The molecule has 0 radical (unpaired) electrons. The maximum absolute atomic E-state index is 13.6. The molecule has 1 aliphatic heterocycles. The molecule has 204 valence electrons. The third-order valence-corrected chi connectivity index (χ3v) is 7.28. The van der Waals surface area contributed by atoms with Gasteiger partial charge in [-0.3, -0.25) is 23.7 Å². The van der Waals surface area contributed by atoms with E-state index in [4.69, 9.17) is 30.1 Å². The highest BCUT2D eigenvalue weighted by molar-refractivity contribution is 7.52. The number of hydrogen-bond acceptors (Lipinski definition) is 10. The molecule has 1 aliphatic rings. The number of carbonyl (C=O) groups is 1. The van der Waals surface area contributed by atoms with Gasteiger partial charge in [0.1, 0.15) is 34.6 Å². The molecular weight excluding hydrogens is 533 g/mol. The highest BCUT2D eigenvalue weighted by Gasteiger charge is 2.54. The molecule has 13 nitrogen and oxygen atoms in total. The molecule has 1 unspecified atom stereocenters. The molecular formula is C22H29ClN3O10P. The van der Waals surface area contributed by atoms with Crippen LogP contribution in [0.5, 0.6) is 5.75 Å². The summed E-state index contributed by atoms with van der Waals surface area (Å²) in [6.45, 7) is 5.33. The number of aliphatic hydroxyl groups is 2. The number of halogens is 1. The zero-order chi connectivity index (χ0) is 27.5. The Kier molecular flexibility index (Phi) is 9.01. The van der Waals surface area contributed by atoms with Crippen LogP contribution < -0.4 is 20.9 Å². The van der Waals surface area contributed by atoms with Crippen molar-refractivity contribution in [1.82, 2.24) is 14.6 Å². The van der Waals surface area contributed by atoms with Gasteiger partial charge in [0.2, 0.25) is 0 Å². The van der Waals surface area contributed by atoms with Gasteiger partial charge in [-0.15, -0.1) is 0 Å². The van der Waals surface area contributed by atoms with Crippen molar-refractivity contribution in [3.05, 3.63) is 62.4 Å². The van der Waals surface area contributed by atoms with E-state index in [1.807, 2.05) is 4.98 Å². The van der Waals surface area contributed by atoms with E-state index in [1.54, 1.807) is 32.0 Å². The predicted octanol–water partition coefficient (Wildman–Crippen LogP) is 1.33. The van der Waals surface area contributed by atoms with Crippen LogP contribution in [0.4, 0.5) is 0 Å². The fraction of sp³-hybridized carbons (Fsp3) is 0.500. The van der Waals surface area contributed by atoms with Crippen molar-refractivity contribution in [1.29, 1.82) is 0 Å². The van der Waals surface area contributed by atoms with Gasteiger partial charge < -0.3 is 24.2 Å². The van der Waals surface area contributed by atoms with Gasteiger partial charge in [-0.05, 0) is 39.8 Å². The number of benzene rings is 1. The first-order valence-corrected chi connectivity index (χ1v) is 13.2. The third kappa shape index (κ3) is 6.88. The van der Waals surface area contributed by atoms with Crippen molar-refractivity contribution in [3.63, 3.8) is 0 Å². The lowest BCUT2D eigenvalue weighted by Crippen LogP contribution is -2.47. The third-order valence-electron chi connectivity index (χ3n) is 5.37. The summed E-state index contributed by atoms with van der Waals surface area (Å²) in [7, 11) is -4.29. The van der Waals surface area contributed by atoms with Gasteiger partial charge >= 0.3 is 19.4 Å². The Bertz CT molecular complexity index is 1270. The van der Waals surface area contributed by atoms with Crippen LogP contribution in [0.3, 0.4) is 0 Å². The number of aromatic amines is 1. The minimum atomic E-state index is -4.29. The number of nitrogens with zero attached hydrogens (tertiary/aromatic N) is 1. The fourth-order valence-electron chi connectivity index (χ4n) is 3.52. The molecule has 2 heterocycles. The average molecular weight is 562 g/mol. The zero-order valence-corrected chi connectivity index (χ0v) is 22.1. The van der Waals surface area contributed by atoms with Crippen LogP contribution in [0.1, 0.15) is 33.9 Å². The van der Waals surface area contributed by atoms with E-state index < -0.39 is 67.8 Å². The van der Waals surface area contributed by atoms with Crippen molar-refractivity contribution in [2.45, 2.75) is 63.9 Å². The quantitative estimate of drug-likeness (QED) is 0.243. The number of nitrogens with one attached hydrogen (secondary N) is 2. The number of esters is 1. The predicted molar refractivity (Wildman–Crippen MR) is 131 cm³/mol. The van der Waals surface area contributed by atoms with E-state index in [0.717, 1.165) is 10.8 Å². The molecule has 1 fully saturated rings. The second kappa shape index (κ2) is 11.5. The van der Waals surface area contributed by atoms with Gasteiger partial charge in [0.25, 0.3) is 5.56 Å². The molecule has 37 heavy (non-hydrogen) atoms. The van der Waals surface area contributed by atoms with E-state index >= 15 is 0 Å². The molecule has 0 spiro atoms. The van der Waals surface area contributed by atoms with Crippen molar-refractivity contribution in [2.75, 3.05) is 6.61 Å². The van der Waals surface area contributed by atoms with Crippen molar-refractivity contribution < 1.29 is 38.1 Å². The Labute approximate surface area is 216 Å². The van der Waals surface area contributed by atoms with Crippen molar-refractivity contribution in [2.24, 2.45) is 0 Å². The highest BCUT2D eigenvalue weighted by atomic mass is 35.5. The maximum atomic E-state index is 13.6. The first kappa shape index (κ1) is 29.1. The minimum absolute atomic E-state index is 0.162. The summed E-state index contributed by atoms with van der Waals surface area (Å²) in [6.07, 6.45) is -3.89. The van der Waals surface area contributed by atoms with Crippen LogP contribution in [0.25, 0.3) is 0 Å². The molecule has 4 N–H and O–H groups in total. The molecule has 0 amide bonds. The Hall–Kier alpha value is -2.51. The van der Waals surface area contributed by atoms with Crippen molar-refractivity contribution in [3.8, 4) is 5.75 Å². The van der Waals surface area contributed by atoms with E-state index in [2.05, 4.69) is 5.09 Å². The Morgan fingerprint density at radius 1 is 1.30 bits per heavy atom. The van der Waals surface area contributed by atoms with Gasteiger partial charge in [0.15, 0.2) is 6.23 Å². The Balaban J connectivity index is 1.82. The molecule has 0 bridgehead atoms. The lowest BCUT2D eigenvalue weighted by atomic mass is 9.96. The first-order valence-electron chi connectivity index (χ1n) is 11.3. The number of carbonyl (C=O) groups excluding carboxylic acids is 1. The monoisotopic (exact) mass is 561 g/mol. The van der Waals surface area contributed by atoms with Crippen LogP contribution in [-0.2, 0) is 23.4 Å². The molecule has 1 aromatic carbocycles. The zero-order valence-electron chi connectivity index (χ0n) is 20.5. The SMILES string of the molecule is CC(C)OC(=O)[C@@H](C)NP(=O)(OC[C@H]1O[C@@H](n2cc(Cl)c(=O)[nH]c2=O)[C@](C)(O)[C@@H]1O)Oc1ccccc1. The van der Waals surface area contributed by atoms with E-state index in [9.17, 15) is 29.2 Å². The van der Waals surface area contributed by atoms with Gasteiger partial charge in [0, 0.05) is 6.20 Å². The summed E-state index contributed by atoms with van der Waals surface area (Å²) in [5, 5.41) is 23.8. The standard InChI is InChI=1S/C22H29ClN3O10P/c1-12(2)34-19(29)13(3)25-37(32,36-14-8-6-5-7-9-14)33-11-16-17(27)22(4,31)20(35-16)26-10-15(23)18(28)24-21(26)30/h5-10,12-13,16-17,20,27,31H,11H2,1-4H3,(H,25,32)(H,24,28,30)/t13-,16-,17-,20-,22-,37?/m1/s1. The van der Waals surface area contributed by atoms with Crippen LogP contribution in [0.15, 0.2) is 46.1 Å². The normalized spacial score (nSPS) is 26.0. The first-order chi connectivity index (χ1) is 17.2. The molecule has 6 atom stereocenters. The molecule has 15 heteroatoms. The Morgan fingerprint density at radius 2 is 1.95 bits per heavy atom. The summed E-state index contributed by atoms with van der Waals surface area (Å²) in [6, 6.07) is 6.91. The van der Waals surface area contributed by atoms with Crippen LogP contribution in [-0.4, -0.2) is 62.3 Å². The van der Waals surface area contributed by atoms with Crippen LogP contribution in [0, 0.1) is 0 Å². The van der Waals surface area contributed by atoms with Gasteiger partial charge in [-0.25, -0.2) is 9.36 Å². The topological polar surface area (TPSA) is 178 Å². The van der Waals surface area contributed by atoms with Gasteiger partial charge in [0.05, 0.1) is 12.7 Å². The van der Waals surface area contributed by atoms with Gasteiger partial charge in [-0.1, -0.05) is 29.8 Å². The van der Waals surface area contributed by atoms with Crippen LogP contribution >= 0.6 is 19.3 Å². The second-order valence-corrected chi connectivity index (χ2v) is 11.0. The molecule has 3 rings (SSSR count). The lowest BCUT2D eigenvalue weighted by Gasteiger charge is -2.27.